The zero-order chi connectivity index (χ0) is 22.6. The molecule has 0 aliphatic carbocycles. The van der Waals surface area contributed by atoms with Crippen molar-refractivity contribution in [3.8, 4) is 5.75 Å². The highest BCUT2D eigenvalue weighted by Gasteiger charge is 2.40. The molecule has 1 saturated heterocycles. The molecule has 1 N–H and O–H groups in total. The summed E-state index contributed by atoms with van der Waals surface area (Å²) in [5, 5.41) is 16.1. The normalized spacial score (nSPS) is 16.3. The van der Waals surface area contributed by atoms with Gasteiger partial charge < -0.3 is 14.7 Å². The Morgan fingerprint density at radius 2 is 1.97 bits per heavy atom. The smallest absolute Gasteiger partial charge is 0.420 e. The molecule has 0 saturated carbocycles. The number of carbonyl (C=O) groups excluding carboxylic acids is 2. The van der Waals surface area contributed by atoms with Crippen molar-refractivity contribution >= 4 is 17.6 Å². The van der Waals surface area contributed by atoms with Crippen LogP contribution in [0.4, 0.5) is 19.0 Å². The van der Waals surface area contributed by atoms with E-state index in [2.05, 4.69) is 10.2 Å². The van der Waals surface area contributed by atoms with Crippen molar-refractivity contribution in [2.75, 3.05) is 24.6 Å². The molecule has 2 amide bonds. The van der Waals surface area contributed by atoms with Gasteiger partial charge in [0.25, 0.3) is 5.91 Å². The highest BCUT2D eigenvalue weighted by Crippen LogP contribution is 2.36. The maximum Gasteiger partial charge on any atom is 0.420 e. The van der Waals surface area contributed by atoms with Crippen molar-refractivity contribution in [2.45, 2.75) is 32.2 Å². The number of carbonyl (C=O) groups is 2. The summed E-state index contributed by atoms with van der Waals surface area (Å²) in [6.07, 6.45) is -3.49. The van der Waals surface area contributed by atoms with E-state index in [1.807, 2.05) is 0 Å². The van der Waals surface area contributed by atoms with Crippen LogP contribution in [0.5, 0.6) is 5.75 Å². The number of ether oxygens (including phenoxy) is 1. The van der Waals surface area contributed by atoms with Crippen LogP contribution in [0.25, 0.3) is 0 Å². The van der Waals surface area contributed by atoms with E-state index in [9.17, 15) is 22.8 Å². The van der Waals surface area contributed by atoms with Gasteiger partial charge in [0.05, 0.1) is 18.8 Å². The first kappa shape index (κ1) is 22.5. The number of rotatable bonds is 6. The molecule has 1 fully saturated rings. The van der Waals surface area contributed by atoms with Crippen LogP contribution in [0.2, 0.25) is 0 Å². The Labute approximate surface area is 176 Å². The highest BCUT2D eigenvalue weighted by atomic mass is 19.4. The molecule has 1 aliphatic heterocycles. The third kappa shape index (κ3) is 5.29. The number of alkyl halides is 3. The first-order valence-electron chi connectivity index (χ1n) is 9.49. The standard InChI is InChI=1S/C20H21F3N4O4/c1-13(29)27(19-17(20(21,22)23)6-8-24-25-19)15-7-9-26(10-15)18(30)12-31-16-4-2-14(11-28)3-5-16/h2-6,8,15,28H,7,9-12H2,1H3. The van der Waals surface area contributed by atoms with Crippen LogP contribution >= 0.6 is 0 Å². The summed E-state index contributed by atoms with van der Waals surface area (Å²) < 4.78 is 45.6. The van der Waals surface area contributed by atoms with Gasteiger partial charge in [-0.1, -0.05) is 12.1 Å². The second-order valence-corrected chi connectivity index (χ2v) is 7.03. The number of benzene rings is 1. The van der Waals surface area contributed by atoms with Crippen LogP contribution in [0.1, 0.15) is 24.5 Å². The Balaban J connectivity index is 1.68. The van der Waals surface area contributed by atoms with E-state index in [1.165, 1.54) is 4.90 Å². The first-order chi connectivity index (χ1) is 14.7. The van der Waals surface area contributed by atoms with Crippen LogP contribution in [-0.2, 0) is 22.4 Å². The molecule has 0 radical (unpaired) electrons. The molecule has 3 rings (SSSR count). The Kier molecular flexibility index (Phi) is 6.74. The van der Waals surface area contributed by atoms with Gasteiger partial charge in [-0.2, -0.15) is 18.3 Å². The van der Waals surface area contributed by atoms with Gasteiger partial charge in [0, 0.05) is 20.0 Å². The van der Waals surface area contributed by atoms with Gasteiger partial charge in [-0.15, -0.1) is 5.10 Å². The molecular formula is C20H21F3N4O4. The Bertz CT molecular complexity index is 937. The third-order valence-corrected chi connectivity index (χ3v) is 4.92. The average molecular weight is 438 g/mol. The maximum absolute atomic E-state index is 13.4. The van der Waals surface area contributed by atoms with Gasteiger partial charge in [0.15, 0.2) is 12.4 Å². The minimum atomic E-state index is -4.70. The molecule has 8 nitrogen and oxygen atoms in total. The fourth-order valence-corrected chi connectivity index (χ4v) is 3.41. The molecule has 11 heteroatoms. The molecule has 0 spiro atoms. The monoisotopic (exact) mass is 438 g/mol. The molecule has 1 aromatic heterocycles. The third-order valence-electron chi connectivity index (χ3n) is 4.92. The lowest BCUT2D eigenvalue weighted by molar-refractivity contribution is -0.137. The number of anilines is 1. The summed E-state index contributed by atoms with van der Waals surface area (Å²) in [6, 6.07) is 6.67. The minimum absolute atomic E-state index is 0.0547. The van der Waals surface area contributed by atoms with Gasteiger partial charge in [0.1, 0.15) is 11.3 Å². The van der Waals surface area contributed by atoms with E-state index in [0.29, 0.717) is 17.7 Å². The van der Waals surface area contributed by atoms with Crippen LogP contribution in [0.15, 0.2) is 36.5 Å². The van der Waals surface area contributed by atoms with Crippen LogP contribution in [0.3, 0.4) is 0 Å². The van der Waals surface area contributed by atoms with Crippen molar-refractivity contribution in [3.63, 3.8) is 0 Å². The number of aliphatic hydroxyl groups is 1. The minimum Gasteiger partial charge on any atom is -0.484 e. The second kappa shape index (κ2) is 9.29. The summed E-state index contributed by atoms with van der Waals surface area (Å²) in [5.74, 6) is -1.10. The van der Waals surface area contributed by atoms with E-state index in [4.69, 9.17) is 9.84 Å². The first-order valence-corrected chi connectivity index (χ1v) is 9.49. The van der Waals surface area contributed by atoms with Gasteiger partial charge in [-0.25, -0.2) is 0 Å². The number of hydrogen-bond acceptors (Lipinski definition) is 6. The van der Waals surface area contributed by atoms with Crippen molar-refractivity contribution in [1.29, 1.82) is 0 Å². The number of nitrogens with zero attached hydrogens (tertiary/aromatic N) is 4. The number of aliphatic hydroxyl groups excluding tert-OH is 1. The lowest BCUT2D eigenvalue weighted by Gasteiger charge is -2.28. The van der Waals surface area contributed by atoms with Crippen LogP contribution < -0.4 is 9.64 Å². The van der Waals surface area contributed by atoms with Crippen molar-refractivity contribution < 1.29 is 32.6 Å². The van der Waals surface area contributed by atoms with E-state index in [1.54, 1.807) is 24.3 Å². The predicted molar refractivity (Wildman–Crippen MR) is 103 cm³/mol. The fraction of sp³-hybridized carbons (Fsp3) is 0.400. The predicted octanol–water partition coefficient (Wildman–Crippen LogP) is 2.02. The van der Waals surface area contributed by atoms with Gasteiger partial charge in [-0.3, -0.25) is 14.5 Å². The fourth-order valence-electron chi connectivity index (χ4n) is 3.41. The second-order valence-electron chi connectivity index (χ2n) is 7.03. The van der Waals surface area contributed by atoms with Crippen LogP contribution in [-0.4, -0.2) is 57.8 Å². The molecule has 2 heterocycles. The molecule has 1 aliphatic rings. The lowest BCUT2D eigenvalue weighted by atomic mass is 10.1. The zero-order valence-electron chi connectivity index (χ0n) is 16.7. The van der Waals surface area contributed by atoms with Crippen LogP contribution in [0, 0.1) is 0 Å². The SMILES string of the molecule is CC(=O)N(c1nnccc1C(F)(F)F)C1CCN(C(=O)COc2ccc(CO)cc2)C1. The summed E-state index contributed by atoms with van der Waals surface area (Å²) >= 11 is 0. The topological polar surface area (TPSA) is 95.9 Å². The Morgan fingerprint density at radius 1 is 1.26 bits per heavy atom. The molecule has 2 aromatic rings. The molecule has 166 valence electrons. The van der Waals surface area contributed by atoms with Crippen molar-refractivity contribution in [2.24, 2.45) is 0 Å². The quantitative estimate of drug-likeness (QED) is 0.742. The zero-order valence-corrected chi connectivity index (χ0v) is 16.7. The number of likely N-dealkylation sites (tertiary alicyclic amines) is 1. The van der Waals surface area contributed by atoms with E-state index < -0.39 is 29.5 Å². The molecule has 1 atom stereocenters. The number of halogens is 3. The van der Waals surface area contributed by atoms with Crippen molar-refractivity contribution in [3.05, 3.63) is 47.7 Å². The average Bonchev–Trinajstić information content (AvgIpc) is 3.21. The molecule has 1 unspecified atom stereocenters. The molecule has 0 bridgehead atoms. The maximum atomic E-state index is 13.4. The highest BCUT2D eigenvalue weighted by molar-refractivity contribution is 5.92. The van der Waals surface area contributed by atoms with Gasteiger partial charge in [0.2, 0.25) is 5.91 Å². The number of hydrogen-bond donors (Lipinski definition) is 1. The van der Waals surface area contributed by atoms with Gasteiger partial charge >= 0.3 is 6.18 Å². The Hall–Kier alpha value is -3.21. The van der Waals surface area contributed by atoms with E-state index >= 15 is 0 Å². The largest absolute Gasteiger partial charge is 0.484 e. The molecule has 31 heavy (non-hydrogen) atoms. The van der Waals surface area contributed by atoms with Gasteiger partial charge in [-0.05, 0) is 30.2 Å². The molecule has 1 aromatic carbocycles. The Morgan fingerprint density at radius 3 is 2.58 bits per heavy atom. The number of aromatic nitrogens is 2. The molecular weight excluding hydrogens is 417 g/mol. The summed E-state index contributed by atoms with van der Waals surface area (Å²) in [5.41, 5.74) is -0.357. The van der Waals surface area contributed by atoms with Crippen molar-refractivity contribution in [1.82, 2.24) is 15.1 Å². The number of amides is 2. The van der Waals surface area contributed by atoms with E-state index in [0.717, 1.165) is 24.1 Å². The van der Waals surface area contributed by atoms with E-state index in [-0.39, 0.29) is 32.2 Å². The summed E-state index contributed by atoms with van der Waals surface area (Å²) in [7, 11) is 0. The lowest BCUT2D eigenvalue weighted by Crippen LogP contribution is -2.44. The summed E-state index contributed by atoms with van der Waals surface area (Å²) in [4.78, 5) is 27.1. The summed E-state index contributed by atoms with van der Waals surface area (Å²) in [6.45, 7) is 1.10.